The largest absolute Gasteiger partial charge is 0.424 e. The van der Waals surface area contributed by atoms with Crippen molar-refractivity contribution in [2.45, 2.75) is 44.9 Å². The fourth-order valence-corrected chi connectivity index (χ4v) is 4.51. The van der Waals surface area contributed by atoms with Gasteiger partial charge in [-0.3, -0.25) is 4.79 Å². The number of nitrogens with one attached hydrogen (secondary N) is 1. The quantitative estimate of drug-likeness (QED) is 0.675. The van der Waals surface area contributed by atoms with Crippen LogP contribution in [0.15, 0.2) is 64.5 Å². The van der Waals surface area contributed by atoms with Gasteiger partial charge in [-0.1, -0.05) is 12.1 Å². The van der Waals surface area contributed by atoms with Crippen molar-refractivity contribution in [3.63, 3.8) is 0 Å². The minimum absolute atomic E-state index is 0.000495. The topological polar surface area (TPSA) is 92.3 Å². The molecule has 32 heavy (non-hydrogen) atoms. The van der Waals surface area contributed by atoms with Gasteiger partial charge in [0.2, 0.25) is 0 Å². The van der Waals surface area contributed by atoms with Crippen LogP contribution in [0.3, 0.4) is 0 Å². The van der Waals surface area contributed by atoms with Gasteiger partial charge in [0.25, 0.3) is 11.9 Å². The van der Waals surface area contributed by atoms with Crippen LogP contribution in [-0.4, -0.2) is 61.4 Å². The SMILES string of the molecule is CC1=CC=C(C(=O)N2CCC[C@@H](Nc3nc4ccccc4o3)[C@@H]2C)C(n2nccn2)N1C. The number of oxazole rings is 1. The van der Waals surface area contributed by atoms with Gasteiger partial charge >= 0.3 is 0 Å². The second kappa shape index (κ2) is 8.14. The molecular formula is C23H27N7O2. The van der Waals surface area contributed by atoms with E-state index in [-0.39, 0.29) is 24.2 Å². The van der Waals surface area contributed by atoms with Crippen LogP contribution >= 0.6 is 0 Å². The summed E-state index contributed by atoms with van der Waals surface area (Å²) in [6.07, 6.45) is 8.59. The highest BCUT2D eigenvalue weighted by atomic mass is 16.4. The first kappa shape index (κ1) is 20.3. The van der Waals surface area contributed by atoms with E-state index in [0.717, 1.165) is 29.6 Å². The minimum atomic E-state index is -0.375. The number of fused-ring (bicyclic) bond motifs is 1. The van der Waals surface area contributed by atoms with E-state index in [4.69, 9.17) is 4.42 Å². The Morgan fingerprint density at radius 1 is 1.19 bits per heavy atom. The Balaban J connectivity index is 1.38. The van der Waals surface area contributed by atoms with E-state index in [9.17, 15) is 4.79 Å². The lowest BCUT2D eigenvalue weighted by Crippen LogP contribution is -2.53. The number of hydrogen-bond acceptors (Lipinski definition) is 7. The Hall–Kier alpha value is -3.62. The van der Waals surface area contributed by atoms with Crippen LogP contribution in [0.4, 0.5) is 6.01 Å². The van der Waals surface area contributed by atoms with Gasteiger partial charge in [0.1, 0.15) is 5.52 Å². The summed E-state index contributed by atoms with van der Waals surface area (Å²) in [5.74, 6) is -0.000495. The normalized spacial score (nSPS) is 23.8. The standard InChI is InChI=1S/C23H27N7O2/c1-15-10-11-17(21(28(15)3)30-24-12-13-25-30)22(31)29-14-6-8-18(16(29)2)26-23-27-19-7-4-5-9-20(19)32-23/h4-5,7,9-13,16,18,21H,6,8,14H2,1-3H3,(H,26,27)/t16-,18+,21?/m0/s1. The molecule has 166 valence electrons. The molecule has 0 radical (unpaired) electrons. The molecule has 2 aliphatic rings. The molecule has 1 amide bonds. The zero-order valence-corrected chi connectivity index (χ0v) is 18.5. The molecule has 3 atom stereocenters. The number of amides is 1. The molecule has 2 aromatic heterocycles. The van der Waals surface area contributed by atoms with Gasteiger partial charge in [0, 0.05) is 25.3 Å². The van der Waals surface area contributed by atoms with Crippen molar-refractivity contribution in [1.29, 1.82) is 0 Å². The smallest absolute Gasteiger partial charge is 0.295 e. The van der Waals surface area contributed by atoms with E-state index in [1.165, 1.54) is 0 Å². The third-order valence-electron chi connectivity index (χ3n) is 6.46. The Labute approximate surface area is 186 Å². The number of rotatable bonds is 4. The third kappa shape index (κ3) is 3.53. The molecular weight excluding hydrogens is 406 g/mol. The number of hydrogen-bond donors (Lipinski definition) is 1. The molecule has 4 heterocycles. The van der Waals surface area contributed by atoms with Crippen molar-refractivity contribution >= 4 is 23.0 Å². The number of anilines is 1. The Bertz CT molecular complexity index is 1150. The molecule has 5 rings (SSSR count). The average Bonchev–Trinajstić information content (AvgIpc) is 3.46. The van der Waals surface area contributed by atoms with E-state index in [2.05, 4.69) is 27.4 Å². The number of piperidine rings is 1. The summed E-state index contributed by atoms with van der Waals surface area (Å²) in [6, 6.07) is 8.20. The fraction of sp³-hybridized carbons (Fsp3) is 0.391. The summed E-state index contributed by atoms with van der Waals surface area (Å²) < 4.78 is 5.85. The molecule has 0 spiro atoms. The Kier molecular flexibility index (Phi) is 5.16. The molecule has 9 nitrogen and oxygen atoms in total. The predicted molar refractivity (Wildman–Crippen MR) is 120 cm³/mol. The number of nitrogens with zero attached hydrogens (tertiary/aromatic N) is 6. The number of para-hydroxylation sites is 2. The maximum absolute atomic E-state index is 13.7. The van der Waals surface area contributed by atoms with Gasteiger partial charge in [0.15, 0.2) is 11.7 Å². The highest BCUT2D eigenvalue weighted by molar-refractivity contribution is 5.95. The second-order valence-electron chi connectivity index (χ2n) is 8.38. The molecule has 0 bridgehead atoms. The number of carbonyl (C=O) groups excluding carboxylic acids is 1. The number of allylic oxidation sites excluding steroid dienone is 3. The van der Waals surface area contributed by atoms with Crippen LogP contribution in [0.5, 0.6) is 0 Å². The van der Waals surface area contributed by atoms with Gasteiger partial charge in [-0.15, -0.1) is 0 Å². The molecule has 0 aliphatic carbocycles. The summed E-state index contributed by atoms with van der Waals surface area (Å²) in [6.45, 7) is 4.79. The van der Waals surface area contributed by atoms with Crippen LogP contribution in [0.25, 0.3) is 11.1 Å². The summed E-state index contributed by atoms with van der Waals surface area (Å²) in [7, 11) is 1.96. The average molecular weight is 434 g/mol. The molecule has 1 aromatic carbocycles. The number of carbonyl (C=O) groups is 1. The summed E-state index contributed by atoms with van der Waals surface area (Å²) in [4.78, 5) is 23.8. The molecule has 3 aromatic rings. The summed E-state index contributed by atoms with van der Waals surface area (Å²) in [5, 5.41) is 12.0. The molecule has 1 unspecified atom stereocenters. The van der Waals surface area contributed by atoms with Crippen molar-refractivity contribution in [2.75, 3.05) is 18.9 Å². The molecule has 9 heteroatoms. The maximum Gasteiger partial charge on any atom is 0.295 e. The zero-order valence-electron chi connectivity index (χ0n) is 18.5. The van der Waals surface area contributed by atoms with Crippen LogP contribution in [0.1, 0.15) is 32.9 Å². The first-order chi connectivity index (χ1) is 15.5. The number of likely N-dealkylation sites (N-methyl/N-ethyl adjacent to an activating group) is 1. The second-order valence-corrected chi connectivity index (χ2v) is 8.38. The number of benzene rings is 1. The number of likely N-dealkylation sites (tertiary alicyclic amines) is 1. The molecule has 2 aliphatic heterocycles. The van der Waals surface area contributed by atoms with E-state index < -0.39 is 0 Å². The van der Waals surface area contributed by atoms with Gasteiger partial charge < -0.3 is 19.5 Å². The maximum atomic E-state index is 13.7. The Morgan fingerprint density at radius 2 is 1.97 bits per heavy atom. The summed E-state index contributed by atoms with van der Waals surface area (Å²) in [5.41, 5.74) is 3.27. The highest BCUT2D eigenvalue weighted by Crippen LogP contribution is 2.32. The lowest BCUT2D eigenvalue weighted by molar-refractivity contribution is -0.131. The van der Waals surface area contributed by atoms with Crippen LogP contribution in [0.2, 0.25) is 0 Å². The highest BCUT2D eigenvalue weighted by Gasteiger charge is 2.38. The summed E-state index contributed by atoms with van der Waals surface area (Å²) >= 11 is 0. The predicted octanol–water partition coefficient (Wildman–Crippen LogP) is 3.19. The van der Waals surface area contributed by atoms with Crippen LogP contribution in [-0.2, 0) is 4.79 Å². The molecule has 1 fully saturated rings. The fourth-order valence-electron chi connectivity index (χ4n) is 4.51. The minimum Gasteiger partial charge on any atom is -0.424 e. The zero-order chi connectivity index (χ0) is 22.2. The van der Waals surface area contributed by atoms with Crippen molar-refractivity contribution in [1.82, 2.24) is 29.8 Å². The van der Waals surface area contributed by atoms with Crippen LogP contribution < -0.4 is 5.32 Å². The molecule has 1 saturated heterocycles. The monoisotopic (exact) mass is 433 g/mol. The number of aromatic nitrogens is 4. The first-order valence-corrected chi connectivity index (χ1v) is 10.9. The van der Waals surface area contributed by atoms with Crippen molar-refractivity contribution in [3.05, 3.63) is 60.1 Å². The van der Waals surface area contributed by atoms with E-state index in [1.807, 2.05) is 60.2 Å². The van der Waals surface area contributed by atoms with Gasteiger partial charge in [-0.05, 0) is 51.0 Å². The lowest BCUT2D eigenvalue weighted by Gasteiger charge is -2.42. The van der Waals surface area contributed by atoms with E-state index >= 15 is 0 Å². The van der Waals surface area contributed by atoms with Gasteiger partial charge in [-0.25, -0.2) is 0 Å². The lowest BCUT2D eigenvalue weighted by atomic mass is 9.95. The Morgan fingerprint density at radius 3 is 2.75 bits per heavy atom. The molecule has 1 N–H and O–H groups in total. The van der Waals surface area contributed by atoms with E-state index in [0.29, 0.717) is 18.1 Å². The van der Waals surface area contributed by atoms with Crippen molar-refractivity contribution in [3.8, 4) is 0 Å². The van der Waals surface area contributed by atoms with Crippen molar-refractivity contribution < 1.29 is 9.21 Å². The van der Waals surface area contributed by atoms with E-state index in [1.54, 1.807) is 17.2 Å². The molecule has 0 saturated carbocycles. The first-order valence-electron chi connectivity index (χ1n) is 10.9. The van der Waals surface area contributed by atoms with Crippen molar-refractivity contribution in [2.24, 2.45) is 0 Å². The third-order valence-corrected chi connectivity index (χ3v) is 6.46. The van der Waals surface area contributed by atoms with Crippen LogP contribution in [0, 0.1) is 0 Å². The van der Waals surface area contributed by atoms with Gasteiger partial charge in [0.05, 0.1) is 24.0 Å². The van der Waals surface area contributed by atoms with Gasteiger partial charge in [-0.2, -0.15) is 20.0 Å².